The topological polar surface area (TPSA) is 26.3 Å². The van der Waals surface area contributed by atoms with Gasteiger partial charge in [0.05, 0.1) is 7.11 Å². The first-order valence-corrected chi connectivity index (χ1v) is 6.37. The molecule has 2 aromatic rings. The molecule has 0 fully saturated rings. The number of Topliss-reactive ketones (excluding diaryl/α,β-unsaturated/α-hetero) is 1. The average Bonchev–Trinajstić information content (AvgIpc) is 2.41. The van der Waals surface area contributed by atoms with Crippen LogP contribution in [-0.2, 0) is 0 Å². The van der Waals surface area contributed by atoms with E-state index in [9.17, 15) is 4.79 Å². The van der Waals surface area contributed by atoms with Gasteiger partial charge in [0, 0.05) is 16.1 Å². The number of halogens is 1. The fraction of sp³-hybridized carbons (Fsp3) is 0.188. The van der Waals surface area contributed by atoms with E-state index in [4.69, 9.17) is 16.3 Å². The highest BCUT2D eigenvalue weighted by Crippen LogP contribution is 2.35. The van der Waals surface area contributed by atoms with Crippen LogP contribution < -0.4 is 4.74 Å². The lowest BCUT2D eigenvalue weighted by atomic mass is 9.97. The molecule has 19 heavy (non-hydrogen) atoms. The fourth-order valence-corrected chi connectivity index (χ4v) is 2.21. The molecule has 0 heterocycles. The Bertz CT molecular complexity index is 633. The van der Waals surface area contributed by atoms with Gasteiger partial charge in [0.2, 0.25) is 0 Å². The van der Waals surface area contributed by atoms with Crippen LogP contribution in [0.2, 0.25) is 5.02 Å². The zero-order valence-corrected chi connectivity index (χ0v) is 11.9. The number of hydrogen-bond donors (Lipinski definition) is 0. The van der Waals surface area contributed by atoms with Crippen molar-refractivity contribution in [3.05, 3.63) is 52.5 Å². The standard InChI is InChI=1S/C16H15ClO2/c1-10-13(5-4-6-15(10)17)14-9-12(11(2)18)7-8-16(14)19-3/h4-9H,1-3H3. The van der Waals surface area contributed by atoms with E-state index in [-0.39, 0.29) is 5.78 Å². The Balaban J connectivity index is 2.68. The quantitative estimate of drug-likeness (QED) is 0.769. The van der Waals surface area contributed by atoms with Crippen LogP contribution in [0.15, 0.2) is 36.4 Å². The molecule has 0 radical (unpaired) electrons. The lowest BCUT2D eigenvalue weighted by molar-refractivity contribution is 0.101. The number of ether oxygens (including phenoxy) is 1. The van der Waals surface area contributed by atoms with E-state index < -0.39 is 0 Å². The minimum Gasteiger partial charge on any atom is -0.496 e. The smallest absolute Gasteiger partial charge is 0.159 e. The van der Waals surface area contributed by atoms with Crippen molar-refractivity contribution in [1.82, 2.24) is 0 Å². The summed E-state index contributed by atoms with van der Waals surface area (Å²) in [5, 5.41) is 0.702. The highest BCUT2D eigenvalue weighted by atomic mass is 35.5. The van der Waals surface area contributed by atoms with Crippen molar-refractivity contribution < 1.29 is 9.53 Å². The summed E-state index contributed by atoms with van der Waals surface area (Å²) in [4.78, 5) is 11.5. The van der Waals surface area contributed by atoms with Crippen LogP contribution in [0.5, 0.6) is 5.75 Å². The normalized spacial score (nSPS) is 10.3. The Morgan fingerprint density at radius 2 is 1.89 bits per heavy atom. The van der Waals surface area contributed by atoms with Crippen molar-refractivity contribution in [3.8, 4) is 16.9 Å². The number of carbonyl (C=O) groups is 1. The molecule has 0 N–H and O–H groups in total. The van der Waals surface area contributed by atoms with Crippen molar-refractivity contribution in [2.75, 3.05) is 7.11 Å². The van der Waals surface area contributed by atoms with E-state index in [1.54, 1.807) is 20.1 Å². The van der Waals surface area contributed by atoms with Gasteiger partial charge in [-0.15, -0.1) is 0 Å². The Morgan fingerprint density at radius 1 is 1.16 bits per heavy atom. The molecule has 0 saturated carbocycles. The summed E-state index contributed by atoms with van der Waals surface area (Å²) in [6.07, 6.45) is 0. The minimum absolute atomic E-state index is 0.0311. The lowest BCUT2D eigenvalue weighted by Crippen LogP contribution is -1.96. The molecule has 3 heteroatoms. The summed E-state index contributed by atoms with van der Waals surface area (Å²) in [7, 11) is 1.62. The summed E-state index contributed by atoms with van der Waals surface area (Å²) in [6.45, 7) is 3.51. The number of benzene rings is 2. The van der Waals surface area contributed by atoms with E-state index in [0.29, 0.717) is 10.6 Å². The van der Waals surface area contributed by atoms with Crippen LogP contribution in [0.25, 0.3) is 11.1 Å². The first kappa shape index (κ1) is 13.6. The maximum atomic E-state index is 11.5. The first-order valence-electron chi connectivity index (χ1n) is 5.99. The summed E-state index contributed by atoms with van der Waals surface area (Å²) >= 11 is 6.15. The van der Waals surface area contributed by atoms with Crippen LogP contribution in [0, 0.1) is 6.92 Å². The average molecular weight is 275 g/mol. The molecular formula is C16H15ClO2. The van der Waals surface area contributed by atoms with Crippen molar-refractivity contribution in [2.45, 2.75) is 13.8 Å². The maximum Gasteiger partial charge on any atom is 0.159 e. The van der Waals surface area contributed by atoms with Gasteiger partial charge in [-0.05, 0) is 49.2 Å². The third-order valence-electron chi connectivity index (χ3n) is 3.16. The SMILES string of the molecule is COc1ccc(C(C)=O)cc1-c1cccc(Cl)c1C. The van der Waals surface area contributed by atoms with Crippen LogP contribution in [0.1, 0.15) is 22.8 Å². The minimum atomic E-state index is 0.0311. The number of rotatable bonds is 3. The van der Waals surface area contributed by atoms with Gasteiger partial charge in [-0.1, -0.05) is 23.7 Å². The van der Waals surface area contributed by atoms with Crippen LogP contribution >= 0.6 is 11.6 Å². The zero-order chi connectivity index (χ0) is 14.0. The van der Waals surface area contributed by atoms with Gasteiger partial charge in [0.1, 0.15) is 5.75 Å². The molecule has 0 aliphatic rings. The Morgan fingerprint density at radius 3 is 2.53 bits per heavy atom. The molecule has 0 bridgehead atoms. The van der Waals surface area contributed by atoms with Crippen molar-refractivity contribution in [2.24, 2.45) is 0 Å². The molecule has 0 amide bonds. The van der Waals surface area contributed by atoms with Gasteiger partial charge in [0.25, 0.3) is 0 Å². The highest BCUT2D eigenvalue weighted by molar-refractivity contribution is 6.31. The largest absolute Gasteiger partial charge is 0.496 e. The Kier molecular flexibility index (Phi) is 3.91. The van der Waals surface area contributed by atoms with Gasteiger partial charge >= 0.3 is 0 Å². The Labute approximate surface area is 118 Å². The van der Waals surface area contributed by atoms with E-state index in [0.717, 1.165) is 22.4 Å². The fourth-order valence-electron chi connectivity index (χ4n) is 2.04. The second kappa shape index (κ2) is 5.45. The molecular weight excluding hydrogens is 260 g/mol. The van der Waals surface area contributed by atoms with Gasteiger partial charge in [-0.2, -0.15) is 0 Å². The van der Waals surface area contributed by atoms with E-state index in [1.807, 2.05) is 37.3 Å². The van der Waals surface area contributed by atoms with Gasteiger partial charge in [-0.3, -0.25) is 4.79 Å². The molecule has 2 nitrogen and oxygen atoms in total. The second-order valence-electron chi connectivity index (χ2n) is 4.38. The van der Waals surface area contributed by atoms with Crippen molar-refractivity contribution in [3.63, 3.8) is 0 Å². The molecule has 0 unspecified atom stereocenters. The summed E-state index contributed by atoms with van der Waals surface area (Å²) in [5.74, 6) is 0.763. The van der Waals surface area contributed by atoms with Gasteiger partial charge in [0.15, 0.2) is 5.78 Å². The number of carbonyl (C=O) groups excluding carboxylic acids is 1. The third-order valence-corrected chi connectivity index (χ3v) is 3.57. The summed E-state index contributed by atoms with van der Waals surface area (Å²) < 4.78 is 5.37. The third kappa shape index (κ3) is 2.64. The monoisotopic (exact) mass is 274 g/mol. The van der Waals surface area contributed by atoms with Crippen molar-refractivity contribution >= 4 is 17.4 Å². The van der Waals surface area contributed by atoms with E-state index in [1.165, 1.54) is 0 Å². The Hall–Kier alpha value is -1.80. The van der Waals surface area contributed by atoms with Gasteiger partial charge < -0.3 is 4.74 Å². The van der Waals surface area contributed by atoms with E-state index in [2.05, 4.69) is 0 Å². The highest BCUT2D eigenvalue weighted by Gasteiger charge is 2.12. The second-order valence-corrected chi connectivity index (χ2v) is 4.79. The van der Waals surface area contributed by atoms with E-state index >= 15 is 0 Å². The molecule has 0 aromatic heterocycles. The molecule has 0 aliphatic carbocycles. The number of hydrogen-bond acceptors (Lipinski definition) is 2. The zero-order valence-electron chi connectivity index (χ0n) is 11.2. The van der Waals surface area contributed by atoms with Crippen molar-refractivity contribution in [1.29, 1.82) is 0 Å². The predicted octanol–water partition coefficient (Wildman–Crippen LogP) is 4.53. The molecule has 0 spiro atoms. The van der Waals surface area contributed by atoms with Crippen LogP contribution in [-0.4, -0.2) is 12.9 Å². The molecule has 2 rings (SSSR count). The maximum absolute atomic E-state index is 11.5. The summed E-state index contributed by atoms with van der Waals surface area (Å²) in [5.41, 5.74) is 3.50. The van der Waals surface area contributed by atoms with Crippen LogP contribution in [0.3, 0.4) is 0 Å². The first-order chi connectivity index (χ1) is 9.04. The molecule has 0 saturated heterocycles. The number of ketones is 1. The molecule has 2 aromatic carbocycles. The molecule has 98 valence electrons. The molecule has 0 atom stereocenters. The lowest BCUT2D eigenvalue weighted by Gasteiger charge is -2.13. The molecule has 0 aliphatic heterocycles. The van der Waals surface area contributed by atoms with Crippen LogP contribution in [0.4, 0.5) is 0 Å². The van der Waals surface area contributed by atoms with Gasteiger partial charge in [-0.25, -0.2) is 0 Å². The summed E-state index contributed by atoms with van der Waals surface area (Å²) in [6, 6.07) is 11.1. The number of methoxy groups -OCH3 is 1. The predicted molar refractivity (Wildman–Crippen MR) is 78.2 cm³/mol.